The van der Waals surface area contributed by atoms with E-state index in [1.54, 1.807) is 27.8 Å². The largest absolute Gasteiger partial charge is 0.480 e. The molecule has 0 aromatic rings. The number of hydrogen-bond donors (Lipinski definition) is 4. The van der Waals surface area contributed by atoms with E-state index in [9.17, 15) is 33.6 Å². The van der Waals surface area contributed by atoms with E-state index in [2.05, 4.69) is 16.0 Å². The number of unbranched alkanes of at least 4 members (excludes halogenated alkanes) is 14. The number of hydrogen-bond acceptors (Lipinski definition) is 12. The Balaban J connectivity index is -0.00000132. The predicted molar refractivity (Wildman–Crippen MR) is 244 cm³/mol. The number of ketones is 4. The highest BCUT2D eigenvalue weighted by molar-refractivity contribution is 5.80. The Morgan fingerprint density at radius 1 is 0.484 bits per heavy atom. The van der Waals surface area contributed by atoms with Gasteiger partial charge < -0.3 is 49.6 Å². The molecule has 0 aliphatic carbocycles. The first-order chi connectivity index (χ1) is 29.8. The van der Waals surface area contributed by atoms with E-state index in [0.717, 1.165) is 44.9 Å². The monoisotopic (exact) mass is 888 g/mol. The molecule has 4 N–H and O–H groups in total. The van der Waals surface area contributed by atoms with Crippen molar-refractivity contribution in [3.8, 4) is 0 Å². The number of aliphatic carboxylic acids is 1. The maximum atomic E-state index is 11.8. The minimum atomic E-state index is -0.970. The fourth-order valence-corrected chi connectivity index (χ4v) is 6.20. The van der Waals surface area contributed by atoms with Crippen LogP contribution < -0.4 is 16.0 Å². The van der Waals surface area contributed by atoms with Crippen LogP contribution in [0.1, 0.15) is 177 Å². The van der Waals surface area contributed by atoms with Gasteiger partial charge in [0.1, 0.15) is 42.4 Å². The lowest BCUT2D eigenvalue weighted by molar-refractivity contribution is -0.139. The van der Waals surface area contributed by atoms with Gasteiger partial charge in [-0.1, -0.05) is 90.4 Å². The van der Waals surface area contributed by atoms with Gasteiger partial charge in [0, 0.05) is 52.7 Å². The predicted octanol–water partition coefficient (Wildman–Crippen LogP) is 7.13. The summed E-state index contributed by atoms with van der Waals surface area (Å²) in [6.07, 6.45) is 23.6. The van der Waals surface area contributed by atoms with Gasteiger partial charge in [-0.05, 0) is 66.3 Å². The quantitative estimate of drug-likeness (QED) is 0.0449. The number of likely N-dealkylation sites (N-methyl/N-ethyl adjacent to an activating group) is 1. The van der Waals surface area contributed by atoms with E-state index in [0.29, 0.717) is 63.9 Å². The van der Waals surface area contributed by atoms with Crippen molar-refractivity contribution in [3.63, 3.8) is 0 Å². The van der Waals surface area contributed by atoms with E-state index in [1.807, 2.05) is 6.92 Å². The normalized spacial score (nSPS) is 11.9. The number of carboxylic acids is 1. The molecule has 15 heteroatoms. The highest BCUT2D eigenvalue weighted by Gasteiger charge is 2.16. The van der Waals surface area contributed by atoms with Crippen LogP contribution in [-0.4, -0.2) is 125 Å². The lowest BCUT2D eigenvalue weighted by Gasteiger charge is -2.10. The van der Waals surface area contributed by atoms with Crippen LogP contribution >= 0.6 is 0 Å². The highest BCUT2D eigenvalue weighted by atomic mass is 16.5. The molecule has 15 nitrogen and oxygen atoms in total. The number of ether oxygens (including phenoxy) is 4. The third-order valence-corrected chi connectivity index (χ3v) is 10.3. The molecule has 0 aliphatic rings. The molecule has 0 aromatic heterocycles. The smallest absolute Gasteiger partial charge is 0.320 e. The summed E-state index contributed by atoms with van der Waals surface area (Å²) in [7, 11) is 1.55. The van der Waals surface area contributed by atoms with Crippen LogP contribution in [0.3, 0.4) is 0 Å². The van der Waals surface area contributed by atoms with E-state index in [1.165, 1.54) is 77.0 Å². The average Bonchev–Trinajstić information content (AvgIpc) is 3.22. The molecule has 0 aliphatic heterocycles. The second-order valence-electron chi connectivity index (χ2n) is 16.3. The Labute approximate surface area is 375 Å². The first-order valence-electron chi connectivity index (χ1n) is 23.6. The summed E-state index contributed by atoms with van der Waals surface area (Å²) >= 11 is 0. The molecule has 0 fully saturated rings. The van der Waals surface area contributed by atoms with Crippen molar-refractivity contribution in [2.75, 3.05) is 73.0 Å². The van der Waals surface area contributed by atoms with Crippen molar-refractivity contribution >= 4 is 40.9 Å². The Kier molecular flexibility index (Phi) is 45.1. The zero-order valence-electron chi connectivity index (χ0n) is 39.4. The molecular formula is C47H89N3O12. The zero-order valence-corrected chi connectivity index (χ0v) is 39.4. The third-order valence-electron chi connectivity index (χ3n) is 10.3. The Bertz CT molecular complexity index is 1150. The van der Waals surface area contributed by atoms with Gasteiger partial charge in [-0.2, -0.15) is 0 Å². The van der Waals surface area contributed by atoms with E-state index in [4.69, 9.17) is 24.1 Å². The molecule has 0 aromatic carbocycles. The Hall–Kier alpha value is -3.11. The molecule has 2 atom stereocenters. The number of amides is 2. The van der Waals surface area contributed by atoms with Crippen LogP contribution in [-0.2, 0) is 52.5 Å². The molecule has 0 bridgehead atoms. The zero-order chi connectivity index (χ0) is 46.5. The standard InChI is InChI=1S/C27H49N3O10.C20H38O2.H2/c1-21(22(2)31)7-4-5-11-29-25(33)19-40-18-16-38-14-12-30-26(34)20-39-17-15-37-13-6-8-23(32)9-10-24(28-3)27(35)36;1-19(21)17-15-13-11-9-7-5-3-4-6-8-10-12-14-16-18-20(2)22;/h21,24,28H,4-20H2,1-3H3,(H,29,33)(H,30,34)(H,35,36);3-18H2,1-2H3;1H/t21-,24-;;/m0../s1. The fraction of sp³-hybridized carbons (Fsp3) is 0.851. The van der Waals surface area contributed by atoms with Crippen LogP contribution in [0.2, 0.25) is 0 Å². The van der Waals surface area contributed by atoms with Gasteiger partial charge in [0.05, 0.1) is 33.0 Å². The molecule has 2 amide bonds. The number of rotatable bonds is 45. The van der Waals surface area contributed by atoms with Crippen LogP contribution in [0.4, 0.5) is 0 Å². The van der Waals surface area contributed by atoms with Crippen LogP contribution in [0.15, 0.2) is 0 Å². The van der Waals surface area contributed by atoms with Crippen molar-refractivity contribution in [1.82, 2.24) is 16.0 Å². The fourth-order valence-electron chi connectivity index (χ4n) is 6.20. The lowest BCUT2D eigenvalue weighted by Crippen LogP contribution is -2.34. The maximum Gasteiger partial charge on any atom is 0.320 e. The number of Topliss-reactive ketones (excluding diaryl/α,β-unsaturated/α-hetero) is 4. The second kappa shape index (κ2) is 45.9. The van der Waals surface area contributed by atoms with Crippen LogP contribution in [0.25, 0.3) is 0 Å². The third kappa shape index (κ3) is 47.9. The lowest BCUT2D eigenvalue weighted by atomic mass is 10.0. The summed E-state index contributed by atoms with van der Waals surface area (Å²) in [5, 5.41) is 17.0. The summed E-state index contributed by atoms with van der Waals surface area (Å²) in [5.41, 5.74) is 0. The molecule has 364 valence electrons. The van der Waals surface area contributed by atoms with Crippen molar-refractivity contribution in [1.29, 1.82) is 0 Å². The molecule has 0 unspecified atom stereocenters. The highest BCUT2D eigenvalue weighted by Crippen LogP contribution is 2.14. The number of nitrogens with one attached hydrogen (secondary N) is 3. The minimum Gasteiger partial charge on any atom is -0.480 e. The van der Waals surface area contributed by atoms with Gasteiger partial charge in [0.15, 0.2) is 0 Å². The molecule has 0 rings (SSSR count). The van der Waals surface area contributed by atoms with Gasteiger partial charge in [-0.15, -0.1) is 0 Å². The summed E-state index contributed by atoms with van der Waals surface area (Å²) < 4.78 is 21.2. The molecule has 0 spiro atoms. The van der Waals surface area contributed by atoms with Crippen LogP contribution in [0, 0.1) is 5.92 Å². The molecule has 0 saturated carbocycles. The van der Waals surface area contributed by atoms with Crippen molar-refractivity contribution in [2.24, 2.45) is 5.92 Å². The molecule has 0 heterocycles. The van der Waals surface area contributed by atoms with E-state index in [-0.39, 0.29) is 70.0 Å². The summed E-state index contributed by atoms with van der Waals surface area (Å²) in [4.78, 5) is 78.9. The van der Waals surface area contributed by atoms with Gasteiger partial charge in [0.25, 0.3) is 0 Å². The first kappa shape index (κ1) is 61.0. The number of carboxylic acid groups (broad SMARTS) is 1. The van der Waals surface area contributed by atoms with Crippen LogP contribution in [0.5, 0.6) is 0 Å². The van der Waals surface area contributed by atoms with E-state index < -0.39 is 12.0 Å². The minimum absolute atomic E-state index is 0. The average molecular weight is 888 g/mol. The first-order valence-corrected chi connectivity index (χ1v) is 23.6. The molecule has 0 radical (unpaired) electrons. The molecule has 62 heavy (non-hydrogen) atoms. The second-order valence-corrected chi connectivity index (χ2v) is 16.3. The van der Waals surface area contributed by atoms with Crippen molar-refractivity contribution < 1.29 is 59.0 Å². The maximum absolute atomic E-state index is 11.8. The molecular weight excluding hydrogens is 799 g/mol. The van der Waals surface area contributed by atoms with Gasteiger partial charge in [-0.25, -0.2) is 0 Å². The topological polar surface area (TPSA) is 213 Å². The Morgan fingerprint density at radius 3 is 1.35 bits per heavy atom. The molecule has 0 saturated heterocycles. The van der Waals surface area contributed by atoms with Gasteiger partial charge in [-0.3, -0.25) is 24.0 Å². The summed E-state index contributed by atoms with van der Waals surface area (Å²) in [6.45, 7) is 9.36. The van der Waals surface area contributed by atoms with Gasteiger partial charge >= 0.3 is 5.97 Å². The van der Waals surface area contributed by atoms with Crippen molar-refractivity contribution in [2.45, 2.75) is 181 Å². The van der Waals surface area contributed by atoms with Crippen molar-refractivity contribution in [3.05, 3.63) is 0 Å². The number of carbonyl (C=O) groups is 7. The SMILES string of the molecule is CC(=O)CCCCCCCCCCCCCCCCC(C)=O.CN[C@@H](CCC(=O)CCCOCCOCC(=O)NCCOCCOCC(=O)NCCCC[C@H](C)C(C)=O)C(=O)O.[HH]. The van der Waals surface area contributed by atoms with E-state index >= 15 is 0 Å². The van der Waals surface area contributed by atoms with Gasteiger partial charge in [0.2, 0.25) is 11.8 Å². The summed E-state index contributed by atoms with van der Waals surface area (Å²) in [6, 6.07) is -0.718. The number of carbonyl (C=O) groups excluding carboxylic acids is 6. The Morgan fingerprint density at radius 2 is 0.919 bits per heavy atom. The summed E-state index contributed by atoms with van der Waals surface area (Å²) in [5.74, 6) is -0.533.